The first kappa shape index (κ1) is 10.8. The zero-order valence-corrected chi connectivity index (χ0v) is 9.40. The largest absolute Gasteiger partial charge is 0.361 e. The van der Waals surface area contributed by atoms with E-state index in [1.54, 1.807) is 18.5 Å². The summed E-state index contributed by atoms with van der Waals surface area (Å²) in [6.45, 7) is 5.22. The quantitative estimate of drug-likeness (QED) is 0.839. The summed E-state index contributed by atoms with van der Waals surface area (Å²) in [5.74, 6) is 1.65. The smallest absolute Gasteiger partial charge is 0.141 e. The van der Waals surface area contributed by atoms with Crippen molar-refractivity contribution >= 4 is 0 Å². The van der Waals surface area contributed by atoms with Gasteiger partial charge in [-0.05, 0) is 19.9 Å². The number of aromatic nitrogens is 3. The van der Waals surface area contributed by atoms with E-state index in [4.69, 9.17) is 4.52 Å². The Morgan fingerprint density at radius 3 is 2.56 bits per heavy atom. The van der Waals surface area contributed by atoms with Gasteiger partial charge in [0, 0.05) is 24.5 Å². The van der Waals surface area contributed by atoms with Crippen molar-refractivity contribution in [2.24, 2.45) is 0 Å². The average Bonchev–Trinajstić information content (AvgIpc) is 2.62. The Hall–Kier alpha value is -1.75. The van der Waals surface area contributed by atoms with E-state index in [0.717, 1.165) is 29.4 Å². The van der Waals surface area contributed by atoms with Gasteiger partial charge in [0.2, 0.25) is 0 Å². The molecule has 0 unspecified atom stereocenters. The molecule has 0 bridgehead atoms. The summed E-state index contributed by atoms with van der Waals surface area (Å²) < 4.78 is 5.08. The fraction of sp³-hybridized carbons (Fsp3) is 0.364. The van der Waals surface area contributed by atoms with Crippen molar-refractivity contribution in [1.82, 2.24) is 20.4 Å². The van der Waals surface area contributed by atoms with Crippen LogP contribution in [-0.2, 0) is 13.1 Å². The van der Waals surface area contributed by atoms with E-state index < -0.39 is 0 Å². The molecule has 2 aromatic heterocycles. The molecule has 0 aliphatic carbocycles. The highest BCUT2D eigenvalue weighted by Gasteiger charge is 2.07. The molecular weight excluding hydrogens is 204 g/mol. The van der Waals surface area contributed by atoms with E-state index in [0.29, 0.717) is 6.54 Å². The van der Waals surface area contributed by atoms with Crippen LogP contribution in [0.5, 0.6) is 0 Å². The highest BCUT2D eigenvalue weighted by molar-refractivity contribution is 5.20. The van der Waals surface area contributed by atoms with Crippen LogP contribution in [0, 0.1) is 13.8 Å². The molecule has 5 heteroatoms. The minimum atomic E-state index is 0.644. The van der Waals surface area contributed by atoms with Gasteiger partial charge in [-0.25, -0.2) is 9.97 Å². The molecule has 5 nitrogen and oxygen atoms in total. The summed E-state index contributed by atoms with van der Waals surface area (Å²) in [5.41, 5.74) is 2.04. The maximum atomic E-state index is 5.08. The van der Waals surface area contributed by atoms with Gasteiger partial charge < -0.3 is 9.84 Å². The lowest BCUT2D eigenvalue weighted by atomic mass is 10.2. The Morgan fingerprint density at radius 1 is 1.19 bits per heavy atom. The lowest BCUT2D eigenvalue weighted by Gasteiger charge is -2.02. The van der Waals surface area contributed by atoms with Crippen LogP contribution in [-0.4, -0.2) is 15.1 Å². The molecule has 0 aliphatic rings. The van der Waals surface area contributed by atoms with Crippen LogP contribution in [0.2, 0.25) is 0 Å². The SMILES string of the molecule is Cc1noc(C)c1CNCc1ncccn1. The van der Waals surface area contributed by atoms with Crippen molar-refractivity contribution in [3.8, 4) is 0 Å². The number of hydrogen-bond acceptors (Lipinski definition) is 5. The molecule has 0 spiro atoms. The Labute approximate surface area is 93.9 Å². The molecule has 0 amide bonds. The predicted molar refractivity (Wildman–Crippen MR) is 58.6 cm³/mol. The standard InChI is InChI=1S/C11H14N4O/c1-8-10(9(2)16-15-8)6-12-7-11-13-4-3-5-14-11/h3-5,12H,6-7H2,1-2H3. The first-order chi connectivity index (χ1) is 7.77. The molecule has 0 atom stereocenters. The van der Waals surface area contributed by atoms with Gasteiger partial charge in [-0.3, -0.25) is 0 Å². The minimum absolute atomic E-state index is 0.644. The Morgan fingerprint density at radius 2 is 1.94 bits per heavy atom. The number of nitrogens with zero attached hydrogens (tertiary/aromatic N) is 3. The van der Waals surface area contributed by atoms with Crippen LogP contribution >= 0.6 is 0 Å². The fourth-order valence-electron chi connectivity index (χ4n) is 1.47. The molecule has 0 aliphatic heterocycles. The zero-order chi connectivity index (χ0) is 11.4. The summed E-state index contributed by atoms with van der Waals surface area (Å²) in [4.78, 5) is 8.26. The van der Waals surface area contributed by atoms with Crippen molar-refractivity contribution < 1.29 is 4.52 Å². The van der Waals surface area contributed by atoms with Crippen molar-refractivity contribution in [1.29, 1.82) is 0 Å². The van der Waals surface area contributed by atoms with E-state index >= 15 is 0 Å². The van der Waals surface area contributed by atoms with Crippen LogP contribution in [0.15, 0.2) is 23.0 Å². The van der Waals surface area contributed by atoms with Crippen LogP contribution in [0.3, 0.4) is 0 Å². The van der Waals surface area contributed by atoms with Crippen LogP contribution < -0.4 is 5.32 Å². The molecule has 0 radical (unpaired) electrons. The highest BCUT2D eigenvalue weighted by Crippen LogP contribution is 2.11. The topological polar surface area (TPSA) is 63.8 Å². The average molecular weight is 218 g/mol. The molecule has 0 aromatic carbocycles. The number of hydrogen-bond donors (Lipinski definition) is 1. The highest BCUT2D eigenvalue weighted by atomic mass is 16.5. The van der Waals surface area contributed by atoms with E-state index in [1.807, 2.05) is 13.8 Å². The number of nitrogens with one attached hydrogen (secondary N) is 1. The second-order valence-corrected chi connectivity index (χ2v) is 3.57. The minimum Gasteiger partial charge on any atom is -0.361 e. The third-order valence-electron chi connectivity index (χ3n) is 2.39. The molecule has 2 aromatic rings. The van der Waals surface area contributed by atoms with Gasteiger partial charge in [-0.2, -0.15) is 0 Å². The van der Waals surface area contributed by atoms with Gasteiger partial charge in [0.05, 0.1) is 12.2 Å². The Balaban J connectivity index is 1.89. The van der Waals surface area contributed by atoms with Crippen molar-refractivity contribution in [3.63, 3.8) is 0 Å². The maximum absolute atomic E-state index is 5.08. The predicted octanol–water partition coefficient (Wildman–Crippen LogP) is 1.37. The normalized spacial score (nSPS) is 10.6. The summed E-state index contributed by atoms with van der Waals surface area (Å²) in [6.07, 6.45) is 3.47. The van der Waals surface area contributed by atoms with Gasteiger partial charge in [0.25, 0.3) is 0 Å². The van der Waals surface area contributed by atoms with E-state index in [9.17, 15) is 0 Å². The molecule has 16 heavy (non-hydrogen) atoms. The lowest BCUT2D eigenvalue weighted by molar-refractivity contribution is 0.392. The van der Waals surface area contributed by atoms with Gasteiger partial charge in [0.15, 0.2) is 0 Å². The van der Waals surface area contributed by atoms with Crippen molar-refractivity contribution in [3.05, 3.63) is 41.3 Å². The molecule has 1 N–H and O–H groups in total. The van der Waals surface area contributed by atoms with E-state index in [1.165, 1.54) is 0 Å². The molecule has 84 valence electrons. The summed E-state index contributed by atoms with van der Waals surface area (Å²) in [5, 5.41) is 7.16. The first-order valence-corrected chi connectivity index (χ1v) is 5.15. The molecule has 0 saturated heterocycles. The molecule has 2 rings (SSSR count). The molecule has 2 heterocycles. The number of rotatable bonds is 4. The maximum Gasteiger partial charge on any atom is 0.141 e. The van der Waals surface area contributed by atoms with E-state index in [-0.39, 0.29) is 0 Å². The number of aryl methyl sites for hydroxylation is 2. The van der Waals surface area contributed by atoms with Gasteiger partial charge in [0.1, 0.15) is 11.6 Å². The van der Waals surface area contributed by atoms with Crippen LogP contribution in [0.4, 0.5) is 0 Å². The molecule has 0 fully saturated rings. The molecule has 0 saturated carbocycles. The monoisotopic (exact) mass is 218 g/mol. The van der Waals surface area contributed by atoms with Gasteiger partial charge >= 0.3 is 0 Å². The van der Waals surface area contributed by atoms with Gasteiger partial charge in [-0.1, -0.05) is 5.16 Å². The van der Waals surface area contributed by atoms with Crippen molar-refractivity contribution in [2.75, 3.05) is 0 Å². The first-order valence-electron chi connectivity index (χ1n) is 5.15. The molecular formula is C11H14N4O. The zero-order valence-electron chi connectivity index (χ0n) is 9.40. The van der Waals surface area contributed by atoms with E-state index in [2.05, 4.69) is 20.4 Å². The third kappa shape index (κ3) is 2.43. The Bertz CT molecular complexity index is 433. The third-order valence-corrected chi connectivity index (χ3v) is 2.39. The summed E-state index contributed by atoms with van der Waals surface area (Å²) >= 11 is 0. The van der Waals surface area contributed by atoms with Crippen molar-refractivity contribution in [2.45, 2.75) is 26.9 Å². The summed E-state index contributed by atoms with van der Waals surface area (Å²) in [7, 11) is 0. The lowest BCUT2D eigenvalue weighted by Crippen LogP contribution is -2.15. The van der Waals surface area contributed by atoms with Gasteiger partial charge in [-0.15, -0.1) is 0 Å². The fourth-order valence-corrected chi connectivity index (χ4v) is 1.47. The second-order valence-electron chi connectivity index (χ2n) is 3.57. The van der Waals surface area contributed by atoms with Crippen LogP contribution in [0.25, 0.3) is 0 Å². The Kier molecular flexibility index (Phi) is 3.26. The van der Waals surface area contributed by atoms with Crippen LogP contribution in [0.1, 0.15) is 22.8 Å². The summed E-state index contributed by atoms with van der Waals surface area (Å²) in [6, 6.07) is 1.80. The second kappa shape index (κ2) is 4.85.